The molecule has 0 saturated heterocycles. The van der Waals surface area contributed by atoms with E-state index in [-0.39, 0.29) is 5.75 Å². The summed E-state index contributed by atoms with van der Waals surface area (Å²) < 4.78 is 0. The summed E-state index contributed by atoms with van der Waals surface area (Å²) in [6, 6.07) is 24.1. The molecule has 0 aliphatic rings. The first-order valence-electron chi connectivity index (χ1n) is 8.75. The van der Waals surface area contributed by atoms with Crippen molar-refractivity contribution in [3.05, 3.63) is 89.5 Å². The molecule has 0 fully saturated rings. The summed E-state index contributed by atoms with van der Waals surface area (Å²) in [5.74, 6) is 6.53. The lowest BCUT2D eigenvalue weighted by atomic mass is 10.0. The van der Waals surface area contributed by atoms with Gasteiger partial charge in [-0.2, -0.15) is 0 Å². The molecule has 1 heteroatoms. The first-order valence-corrected chi connectivity index (χ1v) is 8.75. The van der Waals surface area contributed by atoms with Crippen LogP contribution in [0.4, 0.5) is 0 Å². The third-order valence-electron chi connectivity index (χ3n) is 4.21. The van der Waals surface area contributed by atoms with Gasteiger partial charge in [0, 0.05) is 11.1 Å². The average Bonchev–Trinajstić information content (AvgIpc) is 2.67. The van der Waals surface area contributed by atoms with E-state index in [4.69, 9.17) is 0 Å². The number of unbranched alkanes of at least 4 members (excludes halogenated alkanes) is 1. The molecule has 0 aliphatic heterocycles. The Morgan fingerprint density at radius 2 is 1.16 bits per heavy atom. The minimum absolute atomic E-state index is 0.260. The fraction of sp³-hybridized carbons (Fsp3) is 0.167. The summed E-state index contributed by atoms with van der Waals surface area (Å²) in [6.07, 6.45) is 3.63. The number of hydrogen-bond donors (Lipinski definition) is 1. The third kappa shape index (κ3) is 4.75. The summed E-state index contributed by atoms with van der Waals surface area (Å²) in [7, 11) is 0. The van der Waals surface area contributed by atoms with Gasteiger partial charge in [-0.25, -0.2) is 0 Å². The van der Waals surface area contributed by atoms with Gasteiger partial charge in [0.05, 0.1) is 0 Å². The van der Waals surface area contributed by atoms with Gasteiger partial charge in [-0.1, -0.05) is 61.6 Å². The SMILES string of the molecule is CCCCc1ccc(-c2ccc(C#Cc3ccc(O)cc3)cc2)cc1. The van der Waals surface area contributed by atoms with Gasteiger partial charge in [-0.15, -0.1) is 0 Å². The highest BCUT2D eigenvalue weighted by atomic mass is 16.3. The second kappa shape index (κ2) is 8.22. The zero-order valence-corrected chi connectivity index (χ0v) is 14.5. The van der Waals surface area contributed by atoms with Gasteiger partial charge in [0.1, 0.15) is 5.75 Å². The molecule has 124 valence electrons. The molecule has 1 N–H and O–H groups in total. The van der Waals surface area contributed by atoms with E-state index in [2.05, 4.69) is 55.2 Å². The minimum Gasteiger partial charge on any atom is -0.508 e. The van der Waals surface area contributed by atoms with Crippen LogP contribution in [0.15, 0.2) is 72.8 Å². The van der Waals surface area contributed by atoms with E-state index in [1.807, 2.05) is 24.3 Å². The van der Waals surface area contributed by atoms with Crippen molar-refractivity contribution in [2.75, 3.05) is 0 Å². The average molecular weight is 326 g/mol. The zero-order chi connectivity index (χ0) is 17.5. The van der Waals surface area contributed by atoms with Crippen molar-refractivity contribution in [1.29, 1.82) is 0 Å². The fourth-order valence-corrected chi connectivity index (χ4v) is 2.68. The molecule has 0 radical (unpaired) electrons. The summed E-state index contributed by atoms with van der Waals surface area (Å²) in [5, 5.41) is 9.29. The largest absolute Gasteiger partial charge is 0.508 e. The maximum Gasteiger partial charge on any atom is 0.115 e. The van der Waals surface area contributed by atoms with Gasteiger partial charge in [0.25, 0.3) is 0 Å². The molecule has 3 aromatic rings. The molecule has 0 aromatic heterocycles. The van der Waals surface area contributed by atoms with Gasteiger partial charge in [-0.3, -0.25) is 0 Å². The number of hydrogen-bond acceptors (Lipinski definition) is 1. The number of phenols is 1. The summed E-state index contributed by atoms with van der Waals surface area (Å²) >= 11 is 0. The molecule has 0 amide bonds. The Kier molecular flexibility index (Phi) is 5.54. The van der Waals surface area contributed by atoms with Gasteiger partial charge in [0.15, 0.2) is 0 Å². The number of benzene rings is 3. The van der Waals surface area contributed by atoms with Crippen molar-refractivity contribution in [2.24, 2.45) is 0 Å². The van der Waals surface area contributed by atoms with E-state index in [9.17, 15) is 5.11 Å². The van der Waals surface area contributed by atoms with E-state index in [1.54, 1.807) is 12.1 Å². The predicted molar refractivity (Wildman–Crippen MR) is 105 cm³/mol. The molecular formula is C24H22O. The summed E-state index contributed by atoms with van der Waals surface area (Å²) in [5.41, 5.74) is 5.72. The normalized spacial score (nSPS) is 10.1. The standard InChI is InChI=1S/C24H22O/c1-2-3-4-19-7-13-22(14-8-19)23-15-9-20(10-16-23)5-6-21-11-17-24(25)18-12-21/h7-18,25H,2-4H2,1H3. The van der Waals surface area contributed by atoms with Crippen molar-refractivity contribution in [1.82, 2.24) is 0 Å². The molecule has 0 bridgehead atoms. The van der Waals surface area contributed by atoms with E-state index in [0.717, 1.165) is 17.5 Å². The lowest BCUT2D eigenvalue weighted by molar-refractivity contribution is 0.475. The highest BCUT2D eigenvalue weighted by Crippen LogP contribution is 2.21. The smallest absolute Gasteiger partial charge is 0.115 e. The molecule has 25 heavy (non-hydrogen) atoms. The van der Waals surface area contributed by atoms with E-state index in [0.29, 0.717) is 0 Å². The molecule has 0 aliphatic carbocycles. The first-order chi connectivity index (χ1) is 12.2. The molecule has 0 saturated carbocycles. The molecule has 0 heterocycles. The van der Waals surface area contributed by atoms with Crippen molar-refractivity contribution < 1.29 is 5.11 Å². The minimum atomic E-state index is 0.260. The van der Waals surface area contributed by atoms with Crippen LogP contribution in [0.3, 0.4) is 0 Å². The van der Waals surface area contributed by atoms with E-state index in [1.165, 1.54) is 29.5 Å². The molecule has 1 nitrogen and oxygen atoms in total. The van der Waals surface area contributed by atoms with Gasteiger partial charge in [0.2, 0.25) is 0 Å². The van der Waals surface area contributed by atoms with Crippen molar-refractivity contribution in [3.8, 4) is 28.7 Å². The van der Waals surface area contributed by atoms with Crippen LogP contribution in [0.25, 0.3) is 11.1 Å². The fourth-order valence-electron chi connectivity index (χ4n) is 2.68. The number of aryl methyl sites for hydroxylation is 1. The van der Waals surface area contributed by atoms with Gasteiger partial charge < -0.3 is 5.11 Å². The summed E-state index contributed by atoms with van der Waals surface area (Å²) in [4.78, 5) is 0. The molecule has 0 atom stereocenters. The molecule has 3 rings (SSSR count). The first kappa shape index (κ1) is 16.9. The maximum atomic E-state index is 9.29. The molecule has 0 unspecified atom stereocenters. The molecular weight excluding hydrogens is 304 g/mol. The Balaban J connectivity index is 1.71. The van der Waals surface area contributed by atoms with Gasteiger partial charge >= 0.3 is 0 Å². The van der Waals surface area contributed by atoms with Crippen molar-refractivity contribution in [3.63, 3.8) is 0 Å². The maximum absolute atomic E-state index is 9.29. The molecule has 0 spiro atoms. The van der Waals surface area contributed by atoms with Crippen LogP contribution in [0.5, 0.6) is 5.75 Å². The van der Waals surface area contributed by atoms with Crippen LogP contribution in [0, 0.1) is 11.8 Å². The second-order valence-electron chi connectivity index (χ2n) is 6.17. The lowest BCUT2D eigenvalue weighted by Gasteiger charge is -2.04. The van der Waals surface area contributed by atoms with Crippen LogP contribution >= 0.6 is 0 Å². The van der Waals surface area contributed by atoms with Crippen LogP contribution in [0.2, 0.25) is 0 Å². The van der Waals surface area contributed by atoms with Crippen LogP contribution < -0.4 is 0 Å². The Bertz CT molecular complexity index is 861. The zero-order valence-electron chi connectivity index (χ0n) is 14.5. The van der Waals surface area contributed by atoms with Crippen LogP contribution in [0.1, 0.15) is 36.5 Å². The van der Waals surface area contributed by atoms with Gasteiger partial charge in [-0.05, 0) is 65.9 Å². The highest BCUT2D eigenvalue weighted by Gasteiger charge is 1.99. The Labute approximate surface area is 150 Å². The van der Waals surface area contributed by atoms with Crippen LogP contribution in [-0.4, -0.2) is 5.11 Å². The van der Waals surface area contributed by atoms with E-state index < -0.39 is 0 Å². The second-order valence-corrected chi connectivity index (χ2v) is 6.17. The Morgan fingerprint density at radius 3 is 1.68 bits per heavy atom. The number of aromatic hydroxyl groups is 1. The summed E-state index contributed by atoms with van der Waals surface area (Å²) in [6.45, 7) is 2.22. The monoisotopic (exact) mass is 326 g/mol. The highest BCUT2D eigenvalue weighted by molar-refractivity contribution is 5.64. The Hall–Kier alpha value is -2.98. The predicted octanol–water partition coefficient (Wildman–Crippen LogP) is 5.80. The topological polar surface area (TPSA) is 20.2 Å². The molecule has 3 aromatic carbocycles. The van der Waals surface area contributed by atoms with Crippen molar-refractivity contribution in [2.45, 2.75) is 26.2 Å². The Morgan fingerprint density at radius 1 is 0.680 bits per heavy atom. The lowest BCUT2D eigenvalue weighted by Crippen LogP contribution is -1.85. The number of rotatable bonds is 4. The number of phenolic OH excluding ortho intramolecular Hbond substituents is 1. The van der Waals surface area contributed by atoms with E-state index >= 15 is 0 Å². The van der Waals surface area contributed by atoms with Crippen LogP contribution in [-0.2, 0) is 6.42 Å². The van der Waals surface area contributed by atoms with Crippen molar-refractivity contribution >= 4 is 0 Å². The third-order valence-corrected chi connectivity index (χ3v) is 4.21. The quantitative estimate of drug-likeness (QED) is 0.601.